The number of sulfonamides is 1. The molecular formula is C21H19IN2O4S. The molecule has 0 atom stereocenters. The van der Waals surface area contributed by atoms with E-state index in [0.717, 1.165) is 5.56 Å². The number of carbonyl (C=O) groups excluding carboxylic acids is 1. The second-order valence-corrected chi connectivity index (χ2v) is 8.96. The van der Waals surface area contributed by atoms with Gasteiger partial charge in [-0.05, 0) is 58.5 Å². The number of hydrogen-bond donors (Lipinski definition) is 2. The molecule has 0 aliphatic rings. The number of amides is 1. The fourth-order valence-electron chi connectivity index (χ4n) is 2.66. The number of anilines is 1. The lowest BCUT2D eigenvalue weighted by Crippen LogP contribution is -2.25. The van der Waals surface area contributed by atoms with Crippen LogP contribution in [0.15, 0.2) is 77.7 Å². The quantitative estimate of drug-likeness (QED) is 0.459. The highest BCUT2D eigenvalue weighted by molar-refractivity contribution is 14.1. The van der Waals surface area contributed by atoms with Gasteiger partial charge in [0.15, 0.2) is 0 Å². The van der Waals surface area contributed by atoms with Crippen LogP contribution >= 0.6 is 22.6 Å². The Morgan fingerprint density at radius 3 is 2.38 bits per heavy atom. The lowest BCUT2D eigenvalue weighted by Gasteiger charge is -2.13. The minimum Gasteiger partial charge on any atom is -0.496 e. The molecule has 0 radical (unpaired) electrons. The summed E-state index contributed by atoms with van der Waals surface area (Å²) in [6.45, 7) is 0.345. The first-order valence-corrected chi connectivity index (χ1v) is 11.2. The van der Waals surface area contributed by atoms with E-state index < -0.39 is 10.0 Å². The number of ether oxygens (including phenoxy) is 1. The van der Waals surface area contributed by atoms with Gasteiger partial charge in [-0.25, -0.2) is 8.42 Å². The summed E-state index contributed by atoms with van der Waals surface area (Å²) in [7, 11) is -2.35. The molecule has 0 aliphatic carbocycles. The van der Waals surface area contributed by atoms with Crippen molar-refractivity contribution >= 4 is 44.2 Å². The van der Waals surface area contributed by atoms with Gasteiger partial charge in [-0.3, -0.25) is 9.52 Å². The van der Waals surface area contributed by atoms with Crippen LogP contribution in [0.25, 0.3) is 0 Å². The Morgan fingerprint density at radius 2 is 1.69 bits per heavy atom. The van der Waals surface area contributed by atoms with E-state index >= 15 is 0 Å². The Bertz CT molecular complexity index is 1120. The summed E-state index contributed by atoms with van der Waals surface area (Å²) in [6, 6.07) is 20.5. The topological polar surface area (TPSA) is 84.5 Å². The monoisotopic (exact) mass is 522 g/mol. The highest BCUT2D eigenvalue weighted by atomic mass is 127. The average Bonchev–Trinajstić information content (AvgIpc) is 2.73. The molecule has 0 spiro atoms. The molecule has 1 amide bonds. The molecule has 2 N–H and O–H groups in total. The molecular weight excluding hydrogens is 503 g/mol. The lowest BCUT2D eigenvalue weighted by atomic mass is 10.1. The minimum absolute atomic E-state index is 0.0854. The summed E-state index contributed by atoms with van der Waals surface area (Å²) in [5.41, 5.74) is 1.41. The predicted octanol–water partition coefficient (Wildman–Crippen LogP) is 4.03. The van der Waals surface area contributed by atoms with Crippen molar-refractivity contribution in [2.75, 3.05) is 11.8 Å². The van der Waals surface area contributed by atoms with Crippen molar-refractivity contribution in [3.63, 3.8) is 0 Å². The Morgan fingerprint density at radius 1 is 1.00 bits per heavy atom. The highest BCUT2D eigenvalue weighted by Gasteiger charge is 2.19. The Balaban J connectivity index is 1.81. The fourth-order valence-corrected chi connectivity index (χ4v) is 4.71. The second kappa shape index (κ2) is 9.27. The van der Waals surface area contributed by atoms with E-state index in [1.165, 1.54) is 19.2 Å². The van der Waals surface area contributed by atoms with E-state index in [0.29, 0.717) is 15.9 Å². The third-order valence-electron chi connectivity index (χ3n) is 4.15. The van der Waals surface area contributed by atoms with Crippen LogP contribution in [0.4, 0.5) is 5.69 Å². The molecule has 0 aliphatic heterocycles. The normalized spacial score (nSPS) is 11.0. The second-order valence-electron chi connectivity index (χ2n) is 6.12. The third-order valence-corrected chi connectivity index (χ3v) is 6.35. The zero-order valence-corrected chi connectivity index (χ0v) is 18.5. The molecule has 29 heavy (non-hydrogen) atoms. The molecule has 8 heteroatoms. The van der Waals surface area contributed by atoms with Crippen molar-refractivity contribution in [2.45, 2.75) is 11.4 Å². The van der Waals surface area contributed by atoms with Gasteiger partial charge in [0.1, 0.15) is 5.75 Å². The first-order valence-electron chi connectivity index (χ1n) is 8.68. The average molecular weight is 522 g/mol. The van der Waals surface area contributed by atoms with Crippen LogP contribution in [0, 0.1) is 3.57 Å². The molecule has 0 aromatic heterocycles. The van der Waals surface area contributed by atoms with Crippen LogP contribution in [0.5, 0.6) is 5.75 Å². The van der Waals surface area contributed by atoms with Crippen LogP contribution in [-0.2, 0) is 16.6 Å². The van der Waals surface area contributed by atoms with Crippen LogP contribution in [0.1, 0.15) is 15.9 Å². The number of benzene rings is 3. The van der Waals surface area contributed by atoms with Crippen molar-refractivity contribution in [1.82, 2.24) is 5.32 Å². The molecule has 0 unspecified atom stereocenters. The van der Waals surface area contributed by atoms with Crippen molar-refractivity contribution in [3.8, 4) is 5.75 Å². The molecule has 3 rings (SSSR count). The molecule has 0 heterocycles. The van der Waals surface area contributed by atoms with Crippen molar-refractivity contribution in [1.29, 1.82) is 0 Å². The van der Waals surface area contributed by atoms with Crippen molar-refractivity contribution < 1.29 is 17.9 Å². The van der Waals surface area contributed by atoms with Crippen LogP contribution in [0.3, 0.4) is 0 Å². The van der Waals surface area contributed by atoms with Crippen LogP contribution in [0.2, 0.25) is 0 Å². The fraction of sp³-hybridized carbons (Fsp3) is 0.0952. The highest BCUT2D eigenvalue weighted by Crippen LogP contribution is 2.26. The van der Waals surface area contributed by atoms with Crippen molar-refractivity contribution in [2.24, 2.45) is 0 Å². The van der Waals surface area contributed by atoms with E-state index in [4.69, 9.17) is 4.74 Å². The zero-order valence-electron chi connectivity index (χ0n) is 15.6. The summed E-state index contributed by atoms with van der Waals surface area (Å²) >= 11 is 2.01. The summed E-state index contributed by atoms with van der Waals surface area (Å²) in [5, 5.41) is 2.81. The van der Waals surface area contributed by atoms with E-state index in [1.54, 1.807) is 30.3 Å². The van der Waals surface area contributed by atoms with E-state index in [2.05, 4.69) is 10.0 Å². The van der Waals surface area contributed by atoms with E-state index in [9.17, 15) is 13.2 Å². The Kier molecular flexibility index (Phi) is 6.75. The van der Waals surface area contributed by atoms with Gasteiger partial charge in [0.25, 0.3) is 15.9 Å². The Hall–Kier alpha value is -2.59. The number of para-hydroxylation sites is 1. The maximum Gasteiger partial charge on any atom is 0.261 e. The Labute approximate surface area is 183 Å². The number of carbonyl (C=O) groups is 1. The van der Waals surface area contributed by atoms with Gasteiger partial charge in [0.05, 0.1) is 26.8 Å². The number of methoxy groups -OCH3 is 1. The molecule has 6 nitrogen and oxygen atoms in total. The molecule has 0 fully saturated rings. The SMILES string of the molecule is COc1ccc(S(=O)(=O)Nc2ccccc2C(=O)NCc2ccccc2)cc1I. The maximum atomic E-state index is 12.8. The number of rotatable bonds is 7. The van der Waals surface area contributed by atoms with Crippen LogP contribution < -0.4 is 14.8 Å². The molecule has 0 saturated carbocycles. The summed E-state index contributed by atoms with van der Waals surface area (Å²) in [4.78, 5) is 12.7. The van der Waals surface area contributed by atoms with E-state index in [-0.39, 0.29) is 22.1 Å². The third kappa shape index (κ3) is 5.27. The molecule has 150 valence electrons. The van der Waals surface area contributed by atoms with E-state index in [1.807, 2.05) is 52.9 Å². The standard InChI is InChI=1S/C21H19IN2O4S/c1-28-20-12-11-16(13-18(20)22)29(26,27)24-19-10-6-5-9-17(19)21(25)23-14-15-7-3-2-4-8-15/h2-13,24H,14H2,1H3,(H,23,25). The van der Waals surface area contributed by atoms with Gasteiger partial charge < -0.3 is 10.1 Å². The van der Waals surface area contributed by atoms with Crippen LogP contribution in [-0.4, -0.2) is 21.4 Å². The first-order chi connectivity index (χ1) is 13.9. The summed E-state index contributed by atoms with van der Waals surface area (Å²) in [5.74, 6) is 0.224. The molecule has 3 aromatic rings. The summed E-state index contributed by atoms with van der Waals surface area (Å²) < 4.78 is 34.0. The van der Waals surface area contributed by atoms with Gasteiger partial charge in [0.2, 0.25) is 0 Å². The molecule has 0 bridgehead atoms. The molecule has 3 aromatic carbocycles. The first kappa shape index (κ1) is 21.1. The predicted molar refractivity (Wildman–Crippen MR) is 121 cm³/mol. The number of nitrogens with one attached hydrogen (secondary N) is 2. The lowest BCUT2D eigenvalue weighted by molar-refractivity contribution is 0.0952. The number of halogens is 1. The van der Waals surface area contributed by atoms with Gasteiger partial charge in [0, 0.05) is 6.54 Å². The smallest absolute Gasteiger partial charge is 0.261 e. The van der Waals surface area contributed by atoms with Gasteiger partial charge in [-0.2, -0.15) is 0 Å². The summed E-state index contributed by atoms with van der Waals surface area (Å²) in [6.07, 6.45) is 0. The molecule has 0 saturated heterocycles. The van der Waals surface area contributed by atoms with Gasteiger partial charge >= 0.3 is 0 Å². The maximum absolute atomic E-state index is 12.8. The number of hydrogen-bond acceptors (Lipinski definition) is 4. The zero-order chi connectivity index (χ0) is 20.9. The van der Waals surface area contributed by atoms with Gasteiger partial charge in [-0.15, -0.1) is 0 Å². The van der Waals surface area contributed by atoms with Gasteiger partial charge in [-0.1, -0.05) is 42.5 Å². The van der Waals surface area contributed by atoms with Crippen molar-refractivity contribution in [3.05, 3.63) is 87.5 Å². The minimum atomic E-state index is -3.87. The largest absolute Gasteiger partial charge is 0.496 e.